The molecule has 0 radical (unpaired) electrons. The summed E-state index contributed by atoms with van der Waals surface area (Å²) in [6.45, 7) is 8.44. The summed E-state index contributed by atoms with van der Waals surface area (Å²) in [4.78, 5) is 27.2. The van der Waals surface area contributed by atoms with Crippen molar-refractivity contribution < 1.29 is 14.0 Å². The number of benzene rings is 2. The summed E-state index contributed by atoms with van der Waals surface area (Å²) in [6.07, 6.45) is -0.209. The first kappa shape index (κ1) is 22.9. The smallest absolute Gasteiger partial charge is 0.242 e. The van der Waals surface area contributed by atoms with Crippen molar-refractivity contribution in [2.45, 2.75) is 46.7 Å². The SMILES string of the molecule is Cc1ccc(CN(C(=O)Cc2c(F)cccc2Cl)[C@@H](C)C(=O)NCC(C)C)cc1. The quantitative estimate of drug-likeness (QED) is 0.685. The van der Waals surface area contributed by atoms with Gasteiger partial charge < -0.3 is 10.2 Å². The highest BCUT2D eigenvalue weighted by molar-refractivity contribution is 6.31. The van der Waals surface area contributed by atoms with Gasteiger partial charge in [0.1, 0.15) is 11.9 Å². The molecule has 4 nitrogen and oxygen atoms in total. The second-order valence-electron chi connectivity index (χ2n) is 7.70. The van der Waals surface area contributed by atoms with E-state index in [0.29, 0.717) is 12.5 Å². The highest BCUT2D eigenvalue weighted by atomic mass is 35.5. The molecule has 6 heteroatoms. The molecule has 0 aliphatic heterocycles. The standard InChI is InChI=1S/C23H28ClFN2O2/c1-15(2)13-26-23(29)17(4)27(14-18-10-8-16(3)9-11-18)22(28)12-19-20(24)6-5-7-21(19)25/h5-11,15,17H,12-14H2,1-4H3,(H,26,29)/t17-/m0/s1. The van der Waals surface area contributed by atoms with E-state index in [1.807, 2.05) is 45.0 Å². The molecule has 2 amide bonds. The monoisotopic (exact) mass is 418 g/mol. The summed E-state index contributed by atoms with van der Waals surface area (Å²) in [7, 11) is 0. The maximum atomic E-state index is 14.2. The lowest BCUT2D eigenvalue weighted by Crippen LogP contribution is -2.48. The van der Waals surface area contributed by atoms with E-state index >= 15 is 0 Å². The van der Waals surface area contributed by atoms with Crippen molar-refractivity contribution in [3.05, 3.63) is 70.0 Å². The van der Waals surface area contributed by atoms with Crippen LogP contribution in [-0.4, -0.2) is 29.3 Å². The molecule has 0 unspecified atom stereocenters. The molecule has 0 spiro atoms. The van der Waals surface area contributed by atoms with E-state index in [1.165, 1.54) is 17.0 Å². The van der Waals surface area contributed by atoms with Crippen LogP contribution < -0.4 is 5.32 Å². The lowest BCUT2D eigenvalue weighted by atomic mass is 10.1. The van der Waals surface area contributed by atoms with E-state index < -0.39 is 11.9 Å². The molecule has 29 heavy (non-hydrogen) atoms. The van der Waals surface area contributed by atoms with Gasteiger partial charge in [-0.2, -0.15) is 0 Å². The molecule has 0 fully saturated rings. The summed E-state index contributed by atoms with van der Waals surface area (Å²) < 4.78 is 14.2. The Morgan fingerprint density at radius 3 is 2.34 bits per heavy atom. The molecular formula is C23H28ClFN2O2. The van der Waals surface area contributed by atoms with E-state index in [1.54, 1.807) is 13.0 Å². The first-order valence-corrected chi connectivity index (χ1v) is 10.1. The van der Waals surface area contributed by atoms with Crippen LogP contribution in [0.1, 0.15) is 37.5 Å². The average Bonchev–Trinajstić information content (AvgIpc) is 2.67. The molecule has 0 saturated heterocycles. The minimum absolute atomic E-state index is 0.142. The maximum absolute atomic E-state index is 14.2. The number of hydrogen-bond donors (Lipinski definition) is 1. The van der Waals surface area contributed by atoms with Gasteiger partial charge in [-0.3, -0.25) is 9.59 Å². The van der Waals surface area contributed by atoms with E-state index in [4.69, 9.17) is 11.6 Å². The van der Waals surface area contributed by atoms with Crippen LogP contribution in [-0.2, 0) is 22.6 Å². The average molecular weight is 419 g/mol. The fraction of sp³-hybridized carbons (Fsp3) is 0.391. The largest absolute Gasteiger partial charge is 0.354 e. The summed E-state index contributed by atoms with van der Waals surface area (Å²) in [5.41, 5.74) is 2.14. The van der Waals surface area contributed by atoms with Gasteiger partial charge in [-0.1, -0.05) is 61.3 Å². The number of nitrogens with one attached hydrogen (secondary N) is 1. The Hall–Kier alpha value is -2.40. The van der Waals surface area contributed by atoms with Crippen LogP contribution in [0, 0.1) is 18.7 Å². The van der Waals surface area contributed by atoms with Crippen LogP contribution in [0.3, 0.4) is 0 Å². The highest BCUT2D eigenvalue weighted by Crippen LogP contribution is 2.21. The van der Waals surface area contributed by atoms with Crippen molar-refractivity contribution in [3.63, 3.8) is 0 Å². The van der Waals surface area contributed by atoms with Gasteiger partial charge in [0.2, 0.25) is 11.8 Å². The first-order chi connectivity index (χ1) is 13.7. The van der Waals surface area contributed by atoms with E-state index in [-0.39, 0.29) is 35.4 Å². The molecule has 0 aliphatic rings. The molecule has 1 atom stereocenters. The molecular weight excluding hydrogens is 391 g/mol. The predicted molar refractivity (Wildman–Crippen MR) is 114 cm³/mol. The van der Waals surface area contributed by atoms with Crippen LogP contribution in [0.4, 0.5) is 4.39 Å². The van der Waals surface area contributed by atoms with E-state index in [0.717, 1.165) is 11.1 Å². The van der Waals surface area contributed by atoms with Gasteiger partial charge in [0.05, 0.1) is 6.42 Å². The number of rotatable bonds is 8. The van der Waals surface area contributed by atoms with Gasteiger partial charge in [0.15, 0.2) is 0 Å². The molecule has 0 bridgehead atoms. The van der Waals surface area contributed by atoms with Gasteiger partial charge in [-0.05, 0) is 37.5 Å². The topological polar surface area (TPSA) is 49.4 Å². The van der Waals surface area contributed by atoms with Crippen molar-refractivity contribution in [1.82, 2.24) is 10.2 Å². The number of hydrogen-bond acceptors (Lipinski definition) is 2. The Morgan fingerprint density at radius 2 is 1.76 bits per heavy atom. The zero-order valence-electron chi connectivity index (χ0n) is 17.3. The molecule has 156 valence electrons. The van der Waals surface area contributed by atoms with Crippen molar-refractivity contribution in [2.24, 2.45) is 5.92 Å². The number of carbonyl (C=O) groups is 2. The Morgan fingerprint density at radius 1 is 1.10 bits per heavy atom. The number of amides is 2. The molecule has 0 heterocycles. The minimum atomic E-state index is -0.701. The summed E-state index contributed by atoms with van der Waals surface area (Å²) >= 11 is 6.09. The summed E-state index contributed by atoms with van der Waals surface area (Å²) in [6, 6.07) is 11.4. The Kier molecular flexibility index (Phi) is 8.21. The van der Waals surface area contributed by atoms with Crippen LogP contribution in [0.2, 0.25) is 5.02 Å². The molecule has 0 aliphatic carbocycles. The number of halogens is 2. The van der Waals surface area contributed by atoms with Crippen LogP contribution in [0.15, 0.2) is 42.5 Å². The van der Waals surface area contributed by atoms with Crippen LogP contribution in [0.5, 0.6) is 0 Å². The zero-order valence-corrected chi connectivity index (χ0v) is 18.1. The fourth-order valence-corrected chi connectivity index (χ4v) is 3.11. The fourth-order valence-electron chi connectivity index (χ4n) is 2.88. The van der Waals surface area contributed by atoms with Gasteiger partial charge >= 0.3 is 0 Å². The lowest BCUT2D eigenvalue weighted by Gasteiger charge is -2.29. The van der Waals surface area contributed by atoms with Crippen molar-refractivity contribution in [3.8, 4) is 0 Å². The lowest BCUT2D eigenvalue weighted by molar-refractivity contribution is -0.140. The highest BCUT2D eigenvalue weighted by Gasteiger charge is 2.27. The Balaban J connectivity index is 2.26. The second-order valence-corrected chi connectivity index (χ2v) is 8.11. The third-order valence-electron chi connectivity index (χ3n) is 4.72. The van der Waals surface area contributed by atoms with Gasteiger partial charge in [-0.15, -0.1) is 0 Å². The molecule has 0 saturated carbocycles. The van der Waals surface area contributed by atoms with Crippen LogP contribution in [0.25, 0.3) is 0 Å². The van der Waals surface area contributed by atoms with E-state index in [9.17, 15) is 14.0 Å². The second kappa shape index (κ2) is 10.4. The summed E-state index contributed by atoms with van der Waals surface area (Å²) in [5.74, 6) is -0.828. The van der Waals surface area contributed by atoms with Crippen molar-refractivity contribution in [1.29, 1.82) is 0 Å². The predicted octanol–water partition coefficient (Wildman–Crippen LogP) is 4.52. The number of carbonyl (C=O) groups excluding carboxylic acids is 2. The van der Waals surface area contributed by atoms with Gasteiger partial charge in [0.25, 0.3) is 0 Å². The zero-order chi connectivity index (χ0) is 21.6. The maximum Gasteiger partial charge on any atom is 0.242 e. The number of nitrogens with zero attached hydrogens (tertiary/aromatic N) is 1. The van der Waals surface area contributed by atoms with Gasteiger partial charge in [0, 0.05) is 23.7 Å². The van der Waals surface area contributed by atoms with Crippen molar-refractivity contribution in [2.75, 3.05) is 6.54 Å². The van der Waals surface area contributed by atoms with Crippen molar-refractivity contribution >= 4 is 23.4 Å². The van der Waals surface area contributed by atoms with E-state index in [2.05, 4.69) is 5.32 Å². The normalized spacial score (nSPS) is 12.0. The van der Waals surface area contributed by atoms with Crippen LogP contribution >= 0.6 is 11.6 Å². The van der Waals surface area contributed by atoms with Gasteiger partial charge in [-0.25, -0.2) is 4.39 Å². The first-order valence-electron chi connectivity index (χ1n) is 9.74. The summed E-state index contributed by atoms with van der Waals surface area (Å²) in [5, 5.41) is 3.07. The third-order valence-corrected chi connectivity index (χ3v) is 5.07. The third kappa shape index (κ3) is 6.57. The molecule has 0 aromatic heterocycles. The molecule has 2 aromatic rings. The molecule has 1 N–H and O–H groups in total. The minimum Gasteiger partial charge on any atom is -0.354 e. The Labute approximate surface area is 177 Å². The Bertz CT molecular complexity index is 832. The molecule has 2 rings (SSSR count). The number of aryl methyl sites for hydroxylation is 1. The molecule has 2 aromatic carbocycles.